The highest BCUT2D eigenvalue weighted by Gasteiger charge is 2.28. The van der Waals surface area contributed by atoms with E-state index in [4.69, 9.17) is 0 Å². The maximum atomic E-state index is 13.8. The Kier molecular flexibility index (Phi) is 7.70. The fourth-order valence-corrected chi connectivity index (χ4v) is 2.31. The van der Waals surface area contributed by atoms with E-state index in [1.165, 1.54) is 0 Å². The molecule has 0 aliphatic heterocycles. The predicted octanol–water partition coefficient (Wildman–Crippen LogP) is 5.53. The molecule has 0 spiro atoms. The summed E-state index contributed by atoms with van der Waals surface area (Å²) in [5.74, 6) is 0.149. The number of rotatable bonds is 9. The van der Waals surface area contributed by atoms with Crippen molar-refractivity contribution in [2.45, 2.75) is 72.4 Å². The average molecular weight is 228 g/mol. The van der Waals surface area contributed by atoms with Gasteiger partial charge in [-0.2, -0.15) is 0 Å². The minimum atomic E-state index is -0.653. The van der Waals surface area contributed by atoms with Gasteiger partial charge in [0.05, 0.1) is 0 Å². The van der Waals surface area contributed by atoms with Crippen LogP contribution in [0.2, 0.25) is 0 Å². The summed E-state index contributed by atoms with van der Waals surface area (Å²) in [7, 11) is 0. The van der Waals surface area contributed by atoms with Crippen LogP contribution in [-0.2, 0) is 0 Å². The van der Waals surface area contributed by atoms with Crippen LogP contribution in [0.1, 0.15) is 66.2 Å². The summed E-state index contributed by atoms with van der Waals surface area (Å²) < 4.78 is 13.8. The van der Waals surface area contributed by atoms with Crippen molar-refractivity contribution in [1.29, 1.82) is 0 Å². The van der Waals surface area contributed by atoms with Crippen LogP contribution in [0.3, 0.4) is 0 Å². The number of hydrogen-bond acceptors (Lipinski definition) is 0. The van der Waals surface area contributed by atoms with Crippen molar-refractivity contribution in [3.05, 3.63) is 12.7 Å². The van der Waals surface area contributed by atoms with Gasteiger partial charge in [0.15, 0.2) is 0 Å². The van der Waals surface area contributed by atoms with E-state index < -0.39 is 6.17 Å². The van der Waals surface area contributed by atoms with Gasteiger partial charge in [-0.1, -0.05) is 40.2 Å². The van der Waals surface area contributed by atoms with Crippen LogP contribution in [0.5, 0.6) is 0 Å². The second kappa shape index (κ2) is 7.86. The lowest BCUT2D eigenvalue weighted by atomic mass is 9.75. The molecule has 0 amide bonds. The molecule has 2 atom stereocenters. The van der Waals surface area contributed by atoms with E-state index in [2.05, 4.69) is 20.4 Å². The lowest BCUT2D eigenvalue weighted by molar-refractivity contribution is 0.132. The van der Waals surface area contributed by atoms with Gasteiger partial charge in [0.1, 0.15) is 6.17 Å². The van der Waals surface area contributed by atoms with Crippen LogP contribution in [-0.4, -0.2) is 6.17 Å². The molecule has 0 unspecified atom stereocenters. The van der Waals surface area contributed by atoms with Crippen LogP contribution in [0.15, 0.2) is 12.7 Å². The molecular weight excluding hydrogens is 199 g/mol. The zero-order valence-corrected chi connectivity index (χ0v) is 11.6. The smallest absolute Gasteiger partial charge is 0.103 e. The van der Waals surface area contributed by atoms with Crippen LogP contribution < -0.4 is 0 Å². The number of halogens is 1. The SMILES string of the molecule is C=CCCC[C@@](C)(CCC)C[C@@H](F)C(C)C. The molecule has 16 heavy (non-hydrogen) atoms. The van der Waals surface area contributed by atoms with E-state index in [1.54, 1.807) is 0 Å². The van der Waals surface area contributed by atoms with Crippen molar-refractivity contribution in [3.63, 3.8) is 0 Å². The van der Waals surface area contributed by atoms with Gasteiger partial charge in [-0.05, 0) is 43.4 Å². The van der Waals surface area contributed by atoms with Crippen LogP contribution in [0.4, 0.5) is 4.39 Å². The largest absolute Gasteiger partial charge is 0.247 e. The Bertz CT molecular complexity index is 186. The van der Waals surface area contributed by atoms with E-state index >= 15 is 0 Å². The molecule has 1 heteroatoms. The highest BCUT2D eigenvalue weighted by molar-refractivity contribution is 4.80. The number of allylic oxidation sites excluding steroid dienone is 1. The third-order valence-corrected chi connectivity index (χ3v) is 3.45. The summed E-state index contributed by atoms with van der Waals surface area (Å²) >= 11 is 0. The molecule has 0 N–H and O–H groups in total. The highest BCUT2D eigenvalue weighted by Crippen LogP contribution is 2.37. The summed E-state index contributed by atoms with van der Waals surface area (Å²) in [4.78, 5) is 0. The lowest BCUT2D eigenvalue weighted by Gasteiger charge is -2.32. The zero-order chi connectivity index (χ0) is 12.6. The Morgan fingerprint density at radius 1 is 1.31 bits per heavy atom. The van der Waals surface area contributed by atoms with Gasteiger partial charge in [-0.15, -0.1) is 6.58 Å². The summed E-state index contributed by atoms with van der Waals surface area (Å²) in [5.41, 5.74) is 0.182. The fraction of sp³-hybridized carbons (Fsp3) is 0.867. The normalized spacial score (nSPS) is 17.1. The Morgan fingerprint density at radius 3 is 2.38 bits per heavy atom. The first-order valence-electron chi connectivity index (χ1n) is 6.70. The summed E-state index contributed by atoms with van der Waals surface area (Å²) in [6, 6.07) is 0. The van der Waals surface area contributed by atoms with Gasteiger partial charge in [-0.25, -0.2) is 4.39 Å². The first-order valence-corrected chi connectivity index (χ1v) is 6.70. The monoisotopic (exact) mass is 228 g/mol. The summed E-state index contributed by atoms with van der Waals surface area (Å²) in [6.07, 6.45) is 7.63. The van der Waals surface area contributed by atoms with Crippen LogP contribution in [0, 0.1) is 11.3 Å². The minimum absolute atomic E-state index is 0.149. The summed E-state index contributed by atoms with van der Waals surface area (Å²) in [6.45, 7) is 12.1. The molecule has 0 saturated heterocycles. The topological polar surface area (TPSA) is 0 Å². The van der Waals surface area contributed by atoms with Gasteiger partial charge >= 0.3 is 0 Å². The van der Waals surface area contributed by atoms with Crippen molar-refractivity contribution in [3.8, 4) is 0 Å². The standard InChI is InChI=1S/C15H29F/c1-6-8-9-11-15(5,10-7-2)12-14(16)13(3)4/h6,13-14H,1,7-12H2,2-5H3/t14-,15-/m1/s1. The zero-order valence-electron chi connectivity index (χ0n) is 11.6. The number of alkyl halides is 1. The third-order valence-electron chi connectivity index (χ3n) is 3.45. The molecule has 96 valence electrons. The Balaban J connectivity index is 4.24. The molecule has 0 aromatic heterocycles. The van der Waals surface area contributed by atoms with E-state index in [9.17, 15) is 4.39 Å². The maximum absolute atomic E-state index is 13.8. The lowest BCUT2D eigenvalue weighted by Crippen LogP contribution is -2.24. The van der Waals surface area contributed by atoms with Crippen molar-refractivity contribution >= 4 is 0 Å². The molecule has 0 aliphatic rings. The first kappa shape index (κ1) is 15.7. The predicted molar refractivity (Wildman–Crippen MR) is 71.4 cm³/mol. The molecule has 0 heterocycles. The second-order valence-corrected chi connectivity index (χ2v) is 5.71. The van der Waals surface area contributed by atoms with Crippen molar-refractivity contribution in [1.82, 2.24) is 0 Å². The van der Waals surface area contributed by atoms with Crippen molar-refractivity contribution in [2.75, 3.05) is 0 Å². The van der Waals surface area contributed by atoms with Crippen LogP contribution >= 0.6 is 0 Å². The maximum Gasteiger partial charge on any atom is 0.103 e. The molecule has 0 aromatic carbocycles. The molecule has 0 rings (SSSR count). The molecule has 0 fully saturated rings. The van der Waals surface area contributed by atoms with Gasteiger partial charge < -0.3 is 0 Å². The Morgan fingerprint density at radius 2 is 1.94 bits per heavy atom. The Labute approximate surface area is 101 Å². The Hall–Kier alpha value is -0.330. The van der Waals surface area contributed by atoms with E-state index in [-0.39, 0.29) is 11.3 Å². The quantitative estimate of drug-likeness (QED) is 0.359. The minimum Gasteiger partial charge on any atom is -0.247 e. The van der Waals surface area contributed by atoms with Gasteiger partial charge in [0.2, 0.25) is 0 Å². The van der Waals surface area contributed by atoms with Crippen molar-refractivity contribution < 1.29 is 4.39 Å². The molecule has 0 saturated carbocycles. The highest BCUT2D eigenvalue weighted by atomic mass is 19.1. The number of hydrogen-bond donors (Lipinski definition) is 0. The van der Waals surface area contributed by atoms with Gasteiger partial charge in [0, 0.05) is 0 Å². The number of unbranched alkanes of at least 4 members (excludes halogenated alkanes) is 1. The van der Waals surface area contributed by atoms with E-state index in [0.29, 0.717) is 0 Å². The average Bonchev–Trinajstić information content (AvgIpc) is 2.18. The second-order valence-electron chi connectivity index (χ2n) is 5.71. The van der Waals surface area contributed by atoms with Gasteiger partial charge in [0.25, 0.3) is 0 Å². The first-order chi connectivity index (χ1) is 7.45. The molecule has 0 radical (unpaired) electrons. The molecule has 0 aromatic rings. The molecule has 0 aliphatic carbocycles. The van der Waals surface area contributed by atoms with E-state index in [1.807, 2.05) is 19.9 Å². The van der Waals surface area contributed by atoms with Crippen LogP contribution in [0.25, 0.3) is 0 Å². The van der Waals surface area contributed by atoms with Crippen molar-refractivity contribution in [2.24, 2.45) is 11.3 Å². The van der Waals surface area contributed by atoms with E-state index in [0.717, 1.165) is 38.5 Å². The van der Waals surface area contributed by atoms with Gasteiger partial charge in [-0.3, -0.25) is 0 Å². The summed E-state index contributed by atoms with van der Waals surface area (Å²) in [5, 5.41) is 0. The molecule has 0 nitrogen and oxygen atoms in total. The fourth-order valence-electron chi connectivity index (χ4n) is 2.31. The molecular formula is C15H29F. The molecule has 0 bridgehead atoms. The third kappa shape index (κ3) is 6.30.